The van der Waals surface area contributed by atoms with Crippen molar-refractivity contribution in [2.24, 2.45) is 0 Å². The third-order valence-electron chi connectivity index (χ3n) is 5.70. The Morgan fingerprint density at radius 3 is 2.53 bits per heavy atom. The number of ether oxygens (including phenoxy) is 1. The van der Waals surface area contributed by atoms with Gasteiger partial charge < -0.3 is 14.6 Å². The predicted octanol–water partition coefficient (Wildman–Crippen LogP) is 4.19. The molecule has 170 valence electrons. The first kappa shape index (κ1) is 21.4. The van der Waals surface area contributed by atoms with Gasteiger partial charge in [0.25, 0.3) is 5.56 Å². The van der Waals surface area contributed by atoms with Crippen LogP contribution in [0.3, 0.4) is 0 Å². The average Bonchev–Trinajstić information content (AvgIpc) is 3.17. The highest BCUT2D eigenvalue weighted by Crippen LogP contribution is 2.25. The summed E-state index contributed by atoms with van der Waals surface area (Å²) < 4.78 is 22.4. The van der Waals surface area contributed by atoms with Gasteiger partial charge in [-0.15, -0.1) is 0 Å². The van der Waals surface area contributed by atoms with Gasteiger partial charge in [0.05, 0.1) is 31.2 Å². The fraction of sp³-hybridized carbons (Fsp3) is 0.115. The lowest BCUT2D eigenvalue weighted by Crippen LogP contribution is -2.25. The Morgan fingerprint density at radius 1 is 1.03 bits per heavy atom. The van der Waals surface area contributed by atoms with Gasteiger partial charge in [-0.1, -0.05) is 42.5 Å². The van der Waals surface area contributed by atoms with Crippen molar-refractivity contribution in [2.75, 3.05) is 12.4 Å². The molecule has 0 aliphatic heterocycles. The number of anilines is 1. The summed E-state index contributed by atoms with van der Waals surface area (Å²) in [6.07, 6.45) is 1.52. The van der Waals surface area contributed by atoms with Gasteiger partial charge in [0.1, 0.15) is 29.1 Å². The first-order valence-corrected chi connectivity index (χ1v) is 10.7. The lowest BCUT2D eigenvalue weighted by Gasteiger charge is -2.10. The normalized spacial score (nSPS) is 11.1. The zero-order valence-corrected chi connectivity index (χ0v) is 18.4. The number of nitrogens with zero attached hydrogens (tertiary/aromatic N) is 3. The van der Waals surface area contributed by atoms with E-state index in [1.54, 1.807) is 23.8 Å². The monoisotopic (exact) mass is 456 g/mol. The first-order chi connectivity index (χ1) is 16.5. The van der Waals surface area contributed by atoms with Crippen molar-refractivity contribution in [1.29, 1.82) is 0 Å². The standard InChI is InChI=1S/C26H21FN4O3/c1-34-18-12-10-17(11-13-18)14-30-16-28-24-19-6-2-5-9-22(19)31(25(24)26(30)33)15-23(32)29-21-8-4-3-7-20(21)27/h2-13,16H,14-15H2,1H3,(H,29,32). The predicted molar refractivity (Wildman–Crippen MR) is 129 cm³/mol. The lowest BCUT2D eigenvalue weighted by atomic mass is 10.2. The molecule has 0 aliphatic rings. The third kappa shape index (κ3) is 3.90. The number of methoxy groups -OCH3 is 1. The van der Waals surface area contributed by atoms with Crippen molar-refractivity contribution in [3.63, 3.8) is 0 Å². The molecule has 0 bridgehead atoms. The summed E-state index contributed by atoms with van der Waals surface area (Å²) >= 11 is 0. The van der Waals surface area contributed by atoms with E-state index < -0.39 is 11.7 Å². The van der Waals surface area contributed by atoms with Gasteiger partial charge >= 0.3 is 0 Å². The zero-order valence-electron chi connectivity index (χ0n) is 18.4. The van der Waals surface area contributed by atoms with Gasteiger partial charge in [0.2, 0.25) is 5.91 Å². The quantitative estimate of drug-likeness (QED) is 0.416. The van der Waals surface area contributed by atoms with Crippen molar-refractivity contribution in [2.45, 2.75) is 13.1 Å². The number of benzene rings is 3. The van der Waals surface area contributed by atoms with E-state index in [0.717, 1.165) is 16.7 Å². The molecule has 7 nitrogen and oxygen atoms in total. The molecule has 34 heavy (non-hydrogen) atoms. The van der Waals surface area contributed by atoms with Gasteiger partial charge in [-0.3, -0.25) is 14.2 Å². The number of rotatable bonds is 6. The molecular weight excluding hydrogens is 435 g/mol. The van der Waals surface area contributed by atoms with Crippen LogP contribution in [0, 0.1) is 5.82 Å². The fourth-order valence-corrected chi connectivity index (χ4v) is 4.05. The molecular formula is C26H21FN4O3. The van der Waals surface area contributed by atoms with Crippen LogP contribution in [0.2, 0.25) is 0 Å². The molecule has 1 N–H and O–H groups in total. The SMILES string of the molecule is COc1ccc(Cn2cnc3c4ccccc4n(CC(=O)Nc4ccccc4F)c3c2=O)cc1. The number of nitrogens with one attached hydrogen (secondary N) is 1. The smallest absolute Gasteiger partial charge is 0.278 e. The van der Waals surface area contributed by atoms with Crippen LogP contribution in [0.25, 0.3) is 21.9 Å². The van der Waals surface area contributed by atoms with E-state index in [9.17, 15) is 14.0 Å². The van der Waals surface area contributed by atoms with Crippen molar-refractivity contribution < 1.29 is 13.9 Å². The Bertz CT molecular complexity index is 1570. The molecule has 0 radical (unpaired) electrons. The molecule has 0 fully saturated rings. The number of aromatic nitrogens is 3. The Morgan fingerprint density at radius 2 is 1.76 bits per heavy atom. The minimum absolute atomic E-state index is 0.0864. The summed E-state index contributed by atoms with van der Waals surface area (Å²) in [5.74, 6) is -0.245. The molecule has 3 aromatic carbocycles. The largest absolute Gasteiger partial charge is 0.497 e. The molecule has 0 saturated carbocycles. The molecule has 1 amide bonds. The van der Waals surface area contributed by atoms with Crippen LogP contribution < -0.4 is 15.6 Å². The Hall–Kier alpha value is -4.46. The van der Waals surface area contributed by atoms with Gasteiger partial charge in [-0.25, -0.2) is 9.37 Å². The molecule has 2 aromatic heterocycles. The number of hydrogen-bond donors (Lipinski definition) is 1. The van der Waals surface area contributed by atoms with Gasteiger partial charge in [0, 0.05) is 5.39 Å². The molecule has 8 heteroatoms. The highest BCUT2D eigenvalue weighted by atomic mass is 19.1. The third-order valence-corrected chi connectivity index (χ3v) is 5.70. The second-order valence-corrected chi connectivity index (χ2v) is 7.85. The van der Waals surface area contributed by atoms with Crippen molar-refractivity contribution in [3.05, 3.63) is 101 Å². The summed E-state index contributed by atoms with van der Waals surface area (Å²) in [5.41, 5.74) is 2.27. The molecule has 0 aliphatic carbocycles. The van der Waals surface area contributed by atoms with E-state index >= 15 is 0 Å². The van der Waals surface area contributed by atoms with E-state index in [1.807, 2.05) is 48.5 Å². The van der Waals surface area contributed by atoms with E-state index in [1.165, 1.54) is 23.0 Å². The Kier molecular flexibility index (Phi) is 5.55. The van der Waals surface area contributed by atoms with Gasteiger partial charge in [-0.2, -0.15) is 0 Å². The average molecular weight is 456 g/mol. The molecule has 0 atom stereocenters. The molecule has 0 spiro atoms. The molecule has 0 saturated heterocycles. The number of halogens is 1. The Labute approximate surface area is 194 Å². The summed E-state index contributed by atoms with van der Waals surface area (Å²) in [6, 6.07) is 20.8. The molecule has 5 aromatic rings. The number of hydrogen-bond acceptors (Lipinski definition) is 4. The van der Waals surface area contributed by atoms with E-state index in [-0.39, 0.29) is 17.8 Å². The van der Waals surface area contributed by atoms with Crippen LogP contribution in [0.15, 0.2) is 83.9 Å². The minimum atomic E-state index is -0.526. The number of carbonyl (C=O) groups is 1. The zero-order chi connectivity index (χ0) is 23.7. The van der Waals surface area contributed by atoms with Crippen molar-refractivity contribution >= 4 is 33.5 Å². The van der Waals surface area contributed by atoms with Crippen molar-refractivity contribution in [1.82, 2.24) is 14.1 Å². The molecule has 2 heterocycles. The second-order valence-electron chi connectivity index (χ2n) is 7.85. The van der Waals surface area contributed by atoms with Gasteiger partial charge in [0.15, 0.2) is 0 Å². The van der Waals surface area contributed by atoms with Crippen molar-refractivity contribution in [3.8, 4) is 5.75 Å². The molecule has 5 rings (SSSR count). The van der Waals surface area contributed by atoms with Crippen LogP contribution in [0.4, 0.5) is 10.1 Å². The first-order valence-electron chi connectivity index (χ1n) is 10.7. The maximum absolute atomic E-state index is 14.0. The van der Waals surface area contributed by atoms with Crippen LogP contribution in [0.5, 0.6) is 5.75 Å². The summed E-state index contributed by atoms with van der Waals surface area (Å²) in [7, 11) is 1.60. The lowest BCUT2D eigenvalue weighted by molar-refractivity contribution is -0.116. The number of carbonyl (C=O) groups excluding carboxylic acids is 1. The van der Waals surface area contributed by atoms with Crippen LogP contribution in [-0.2, 0) is 17.9 Å². The summed E-state index contributed by atoms with van der Waals surface area (Å²) in [5, 5.41) is 3.36. The summed E-state index contributed by atoms with van der Waals surface area (Å²) in [6.45, 7) is 0.149. The highest BCUT2D eigenvalue weighted by Gasteiger charge is 2.19. The topological polar surface area (TPSA) is 78.2 Å². The van der Waals surface area contributed by atoms with E-state index in [4.69, 9.17) is 4.74 Å². The van der Waals surface area contributed by atoms with Gasteiger partial charge in [-0.05, 0) is 35.9 Å². The Balaban J connectivity index is 1.56. The number of amides is 1. The maximum Gasteiger partial charge on any atom is 0.278 e. The van der Waals surface area contributed by atoms with Crippen LogP contribution >= 0.6 is 0 Å². The minimum Gasteiger partial charge on any atom is -0.497 e. The number of para-hydroxylation sites is 2. The highest BCUT2D eigenvalue weighted by molar-refractivity contribution is 6.06. The fourth-order valence-electron chi connectivity index (χ4n) is 4.05. The second kappa shape index (κ2) is 8.82. The maximum atomic E-state index is 14.0. The molecule has 0 unspecified atom stereocenters. The van der Waals surface area contributed by atoms with Crippen LogP contribution in [0.1, 0.15) is 5.56 Å². The summed E-state index contributed by atoms with van der Waals surface area (Å²) in [4.78, 5) is 30.9. The van der Waals surface area contributed by atoms with Crippen LogP contribution in [-0.4, -0.2) is 27.1 Å². The van der Waals surface area contributed by atoms with E-state index in [0.29, 0.717) is 23.1 Å². The van der Waals surface area contributed by atoms with E-state index in [2.05, 4.69) is 10.3 Å². The number of fused-ring (bicyclic) bond motifs is 3.